The lowest BCUT2D eigenvalue weighted by Crippen LogP contribution is -2.09. The Labute approximate surface area is 117 Å². The van der Waals surface area contributed by atoms with E-state index in [-0.39, 0.29) is 17.3 Å². The number of pyridine rings is 1. The van der Waals surface area contributed by atoms with E-state index in [1.54, 1.807) is 4.57 Å². The zero-order valence-electron chi connectivity index (χ0n) is 10.8. The van der Waals surface area contributed by atoms with Gasteiger partial charge >= 0.3 is 6.09 Å². The number of carboxylic acid groups (broad SMARTS) is 1. The Balaban J connectivity index is 2.24. The molecule has 0 aliphatic rings. The third kappa shape index (κ3) is 2.02. The Morgan fingerprint density at radius 3 is 2.95 bits per heavy atom. The van der Waals surface area contributed by atoms with Crippen molar-refractivity contribution in [3.8, 4) is 17.3 Å². The van der Waals surface area contributed by atoms with Gasteiger partial charge in [0.05, 0.1) is 12.4 Å². The first kappa shape index (κ1) is 12.8. The molecular weight excluding hydrogens is 280 g/mol. The molecule has 108 valence electrons. The summed E-state index contributed by atoms with van der Waals surface area (Å²) in [6, 6.07) is 0. The van der Waals surface area contributed by atoms with Crippen LogP contribution in [0.2, 0.25) is 0 Å². The average Bonchev–Trinajstić information content (AvgIpc) is 3.02. The number of hydrogen-bond acceptors (Lipinski definition) is 7. The Morgan fingerprint density at radius 1 is 1.43 bits per heavy atom. The highest BCUT2D eigenvalue weighted by Crippen LogP contribution is 2.31. The van der Waals surface area contributed by atoms with Gasteiger partial charge in [-0.25, -0.2) is 14.4 Å². The summed E-state index contributed by atoms with van der Waals surface area (Å²) >= 11 is 0. The predicted octanol–water partition coefficient (Wildman–Crippen LogP) is 1.30. The normalized spacial score (nSPS) is 10.9. The van der Waals surface area contributed by atoms with Crippen molar-refractivity contribution in [2.75, 3.05) is 5.32 Å². The molecule has 1 amide bonds. The smallest absolute Gasteiger partial charge is 0.410 e. The van der Waals surface area contributed by atoms with Gasteiger partial charge in [0, 0.05) is 6.54 Å². The third-order valence-electron chi connectivity index (χ3n) is 2.87. The lowest BCUT2D eigenvalue weighted by Gasteiger charge is -2.05. The minimum atomic E-state index is -1.30. The first-order valence-corrected chi connectivity index (χ1v) is 5.98. The SMILES string of the molecule is CCn1c(-c2nonc2NC(=O)O)nc2cncc(O)c21. The van der Waals surface area contributed by atoms with E-state index in [2.05, 4.69) is 30.2 Å². The van der Waals surface area contributed by atoms with Crippen LogP contribution >= 0.6 is 0 Å². The van der Waals surface area contributed by atoms with E-state index in [9.17, 15) is 9.90 Å². The molecule has 0 bridgehead atoms. The molecule has 0 saturated carbocycles. The van der Waals surface area contributed by atoms with E-state index >= 15 is 0 Å². The fraction of sp³-hybridized carbons (Fsp3) is 0.182. The van der Waals surface area contributed by atoms with Crippen LogP contribution in [0.1, 0.15) is 6.92 Å². The quantitative estimate of drug-likeness (QED) is 0.655. The summed E-state index contributed by atoms with van der Waals surface area (Å²) in [7, 11) is 0. The van der Waals surface area contributed by atoms with Gasteiger partial charge in [0.2, 0.25) is 5.82 Å². The molecule has 10 nitrogen and oxygen atoms in total. The van der Waals surface area contributed by atoms with Crippen molar-refractivity contribution < 1.29 is 19.6 Å². The minimum Gasteiger partial charge on any atom is -0.504 e. The molecule has 0 spiro atoms. The number of hydrogen-bond donors (Lipinski definition) is 3. The summed E-state index contributed by atoms with van der Waals surface area (Å²) in [6.45, 7) is 2.32. The highest BCUT2D eigenvalue weighted by atomic mass is 16.6. The molecule has 0 aliphatic carbocycles. The molecule has 3 N–H and O–H groups in total. The number of nitrogens with one attached hydrogen (secondary N) is 1. The molecule has 0 atom stereocenters. The van der Waals surface area contributed by atoms with Crippen LogP contribution in [-0.4, -0.2) is 41.2 Å². The number of aromatic nitrogens is 5. The van der Waals surface area contributed by atoms with E-state index < -0.39 is 6.09 Å². The van der Waals surface area contributed by atoms with Gasteiger partial charge in [-0.1, -0.05) is 0 Å². The maximum atomic E-state index is 10.7. The average molecular weight is 290 g/mol. The molecule has 10 heteroatoms. The topological polar surface area (TPSA) is 139 Å². The van der Waals surface area contributed by atoms with Crippen molar-refractivity contribution in [3.05, 3.63) is 12.4 Å². The number of nitrogens with zero attached hydrogens (tertiary/aromatic N) is 5. The van der Waals surface area contributed by atoms with Crippen molar-refractivity contribution >= 4 is 22.9 Å². The molecule has 3 rings (SSSR count). The molecule has 0 saturated heterocycles. The van der Waals surface area contributed by atoms with Crippen molar-refractivity contribution in [3.63, 3.8) is 0 Å². The van der Waals surface area contributed by atoms with Crippen molar-refractivity contribution in [2.24, 2.45) is 0 Å². The monoisotopic (exact) mass is 290 g/mol. The van der Waals surface area contributed by atoms with Crippen molar-refractivity contribution in [1.82, 2.24) is 24.8 Å². The lowest BCUT2D eigenvalue weighted by atomic mass is 10.3. The number of carbonyl (C=O) groups is 1. The Morgan fingerprint density at radius 2 is 2.24 bits per heavy atom. The van der Waals surface area contributed by atoms with Crippen LogP contribution in [0.3, 0.4) is 0 Å². The molecule has 21 heavy (non-hydrogen) atoms. The Kier molecular flexibility index (Phi) is 2.90. The third-order valence-corrected chi connectivity index (χ3v) is 2.87. The van der Waals surface area contributed by atoms with Gasteiger partial charge in [-0.15, -0.1) is 0 Å². The van der Waals surface area contributed by atoms with E-state index in [0.29, 0.717) is 23.4 Å². The standard InChI is InChI=1S/C11H10N6O4/c1-2-17-8-5(3-12-4-6(8)18)13-10(17)7-9(14-11(19)20)16-21-15-7/h3-4,18H,2H2,1H3,(H,14,16)(H,19,20). The van der Waals surface area contributed by atoms with Crippen LogP contribution in [0, 0.1) is 0 Å². The van der Waals surface area contributed by atoms with Gasteiger partial charge in [0.25, 0.3) is 0 Å². The summed E-state index contributed by atoms with van der Waals surface area (Å²) < 4.78 is 6.23. The predicted molar refractivity (Wildman–Crippen MR) is 69.8 cm³/mol. The summed E-state index contributed by atoms with van der Waals surface area (Å²) in [5, 5.41) is 27.9. The summed E-state index contributed by atoms with van der Waals surface area (Å²) in [5.74, 6) is 0.220. The molecule has 3 aromatic rings. The summed E-state index contributed by atoms with van der Waals surface area (Å²) in [5.41, 5.74) is 1.07. The molecule has 0 aromatic carbocycles. The number of amides is 1. The second kappa shape index (κ2) is 4.74. The van der Waals surface area contributed by atoms with Crippen molar-refractivity contribution in [1.29, 1.82) is 0 Å². The molecule has 0 aliphatic heterocycles. The van der Waals surface area contributed by atoms with Crippen LogP contribution in [-0.2, 0) is 6.54 Å². The van der Waals surface area contributed by atoms with Gasteiger partial charge in [-0.2, -0.15) is 0 Å². The van der Waals surface area contributed by atoms with Crippen LogP contribution in [0.25, 0.3) is 22.6 Å². The fourth-order valence-electron chi connectivity index (χ4n) is 2.08. The zero-order chi connectivity index (χ0) is 15.0. The number of imidazole rings is 1. The second-order valence-electron chi connectivity index (χ2n) is 4.10. The van der Waals surface area contributed by atoms with E-state index in [0.717, 1.165) is 0 Å². The maximum absolute atomic E-state index is 10.7. The van der Waals surface area contributed by atoms with Gasteiger partial charge in [0.15, 0.2) is 17.3 Å². The zero-order valence-corrected chi connectivity index (χ0v) is 10.8. The van der Waals surface area contributed by atoms with Gasteiger partial charge in [-0.3, -0.25) is 10.3 Å². The number of aryl methyl sites for hydroxylation is 1. The minimum absolute atomic E-state index is 0.0303. The van der Waals surface area contributed by atoms with E-state index in [1.807, 2.05) is 6.92 Å². The van der Waals surface area contributed by atoms with E-state index in [4.69, 9.17) is 5.11 Å². The Hall–Kier alpha value is -3.17. The summed E-state index contributed by atoms with van der Waals surface area (Å²) in [6.07, 6.45) is 1.50. The van der Waals surface area contributed by atoms with Crippen LogP contribution in [0.4, 0.5) is 10.6 Å². The summed E-state index contributed by atoms with van der Waals surface area (Å²) in [4.78, 5) is 18.9. The van der Waals surface area contributed by atoms with Gasteiger partial charge < -0.3 is 14.8 Å². The number of aromatic hydroxyl groups is 1. The van der Waals surface area contributed by atoms with Crippen LogP contribution < -0.4 is 5.32 Å². The molecule has 0 fully saturated rings. The van der Waals surface area contributed by atoms with Crippen molar-refractivity contribution in [2.45, 2.75) is 13.5 Å². The maximum Gasteiger partial charge on any atom is 0.410 e. The number of fused-ring (bicyclic) bond motifs is 1. The largest absolute Gasteiger partial charge is 0.504 e. The highest BCUT2D eigenvalue weighted by molar-refractivity contribution is 5.89. The van der Waals surface area contributed by atoms with Gasteiger partial charge in [0.1, 0.15) is 11.0 Å². The molecule has 3 aromatic heterocycles. The van der Waals surface area contributed by atoms with Gasteiger partial charge in [-0.05, 0) is 17.2 Å². The first-order chi connectivity index (χ1) is 10.1. The molecule has 0 unspecified atom stereocenters. The first-order valence-electron chi connectivity index (χ1n) is 5.98. The number of rotatable bonds is 3. The molecule has 0 radical (unpaired) electrons. The van der Waals surface area contributed by atoms with Crippen LogP contribution in [0.15, 0.2) is 17.0 Å². The fourth-order valence-corrected chi connectivity index (χ4v) is 2.08. The second-order valence-corrected chi connectivity index (χ2v) is 4.10. The lowest BCUT2D eigenvalue weighted by molar-refractivity contribution is 0.209. The highest BCUT2D eigenvalue weighted by Gasteiger charge is 2.22. The Bertz CT molecular complexity index is 823. The van der Waals surface area contributed by atoms with E-state index in [1.165, 1.54) is 12.4 Å². The van der Waals surface area contributed by atoms with Crippen LogP contribution in [0.5, 0.6) is 5.75 Å². The number of anilines is 1. The molecule has 3 heterocycles. The molecular formula is C11H10N6O4.